The monoisotopic (exact) mass is 413 g/mol. The number of ether oxygens (including phenoxy) is 2. The summed E-state index contributed by atoms with van der Waals surface area (Å²) in [5.74, 6) is 1.16. The van der Waals surface area contributed by atoms with E-state index in [2.05, 4.69) is 20.7 Å². The van der Waals surface area contributed by atoms with Crippen LogP contribution in [0.1, 0.15) is 11.7 Å². The van der Waals surface area contributed by atoms with Crippen molar-refractivity contribution in [3.63, 3.8) is 0 Å². The summed E-state index contributed by atoms with van der Waals surface area (Å²) in [5, 5.41) is 10.3. The Labute approximate surface area is 148 Å². The zero-order valence-electron chi connectivity index (χ0n) is 12.6. The molecule has 0 saturated carbocycles. The summed E-state index contributed by atoms with van der Waals surface area (Å²) in [7, 11) is -3.72. The number of hydrogen-bond acceptors (Lipinski definition) is 5. The minimum atomic E-state index is -3.72. The maximum Gasteiger partial charge on any atom is 0.241 e. The zero-order chi connectivity index (χ0) is 17.2. The summed E-state index contributed by atoms with van der Waals surface area (Å²) in [6.07, 6.45) is -1.00. The minimum Gasteiger partial charge on any atom is -0.486 e. The van der Waals surface area contributed by atoms with Gasteiger partial charge in [-0.3, -0.25) is 0 Å². The quantitative estimate of drug-likeness (QED) is 0.784. The number of rotatable bonds is 5. The summed E-state index contributed by atoms with van der Waals surface area (Å²) in [5.41, 5.74) is 0.550. The van der Waals surface area contributed by atoms with E-state index in [1.807, 2.05) is 0 Å². The molecule has 24 heavy (non-hydrogen) atoms. The lowest BCUT2D eigenvalue weighted by Gasteiger charge is -2.20. The Kier molecular flexibility index (Phi) is 5.09. The molecule has 0 unspecified atom stereocenters. The van der Waals surface area contributed by atoms with Gasteiger partial charge in [0.15, 0.2) is 11.5 Å². The van der Waals surface area contributed by atoms with Gasteiger partial charge in [0.1, 0.15) is 13.2 Å². The first kappa shape index (κ1) is 17.2. The third-order valence-electron chi connectivity index (χ3n) is 3.54. The molecule has 1 atom stereocenters. The molecule has 8 heteroatoms. The van der Waals surface area contributed by atoms with Gasteiger partial charge in [0.05, 0.1) is 11.0 Å². The number of fused-ring (bicyclic) bond motifs is 1. The van der Waals surface area contributed by atoms with Crippen LogP contribution >= 0.6 is 15.9 Å². The van der Waals surface area contributed by atoms with Crippen LogP contribution < -0.4 is 14.2 Å². The zero-order valence-corrected chi connectivity index (χ0v) is 15.0. The number of halogens is 1. The Balaban J connectivity index is 1.71. The molecular formula is C16H16BrNO5S. The van der Waals surface area contributed by atoms with E-state index in [1.165, 1.54) is 6.07 Å². The lowest BCUT2D eigenvalue weighted by molar-refractivity contribution is 0.165. The van der Waals surface area contributed by atoms with Crippen LogP contribution in [0, 0.1) is 0 Å². The van der Waals surface area contributed by atoms with Crippen molar-refractivity contribution >= 4 is 26.0 Å². The first-order valence-electron chi connectivity index (χ1n) is 7.29. The second kappa shape index (κ2) is 7.10. The molecule has 0 radical (unpaired) electrons. The minimum absolute atomic E-state index is 0.124. The molecule has 0 amide bonds. The Hall–Kier alpha value is -1.61. The Bertz CT molecular complexity index is 840. The van der Waals surface area contributed by atoms with Crippen LogP contribution in [-0.2, 0) is 10.0 Å². The largest absolute Gasteiger partial charge is 0.486 e. The van der Waals surface area contributed by atoms with Gasteiger partial charge in [-0.1, -0.05) is 18.2 Å². The highest BCUT2D eigenvalue weighted by atomic mass is 79.9. The van der Waals surface area contributed by atoms with Crippen LogP contribution in [-0.4, -0.2) is 33.3 Å². The summed E-state index contributed by atoms with van der Waals surface area (Å²) < 4.78 is 38.4. The van der Waals surface area contributed by atoms with Crippen LogP contribution in [0.25, 0.3) is 0 Å². The van der Waals surface area contributed by atoms with Gasteiger partial charge in [0, 0.05) is 11.0 Å². The van der Waals surface area contributed by atoms with E-state index in [0.29, 0.717) is 34.7 Å². The Morgan fingerprint density at radius 1 is 1.12 bits per heavy atom. The molecule has 2 aromatic carbocycles. The molecule has 6 nitrogen and oxygen atoms in total. The third kappa shape index (κ3) is 3.72. The summed E-state index contributed by atoms with van der Waals surface area (Å²) in [6.45, 7) is 0.783. The second-order valence-corrected chi connectivity index (χ2v) is 7.79. The van der Waals surface area contributed by atoms with Crippen LogP contribution in [0.3, 0.4) is 0 Å². The second-order valence-electron chi connectivity index (χ2n) is 5.20. The van der Waals surface area contributed by atoms with E-state index in [4.69, 9.17) is 9.47 Å². The SMILES string of the molecule is O=S(=O)(NC[C@@H](O)c1ccc2c(c1)OCCO2)c1ccccc1Br. The Morgan fingerprint density at radius 2 is 1.83 bits per heavy atom. The van der Waals surface area contributed by atoms with E-state index in [9.17, 15) is 13.5 Å². The summed E-state index contributed by atoms with van der Waals surface area (Å²) in [6, 6.07) is 11.5. The molecule has 128 valence electrons. The van der Waals surface area contributed by atoms with Crippen molar-refractivity contribution in [1.82, 2.24) is 4.72 Å². The molecule has 3 rings (SSSR count). The third-order valence-corrected chi connectivity index (χ3v) is 5.98. The molecule has 0 bridgehead atoms. The Morgan fingerprint density at radius 3 is 2.58 bits per heavy atom. The van der Waals surface area contributed by atoms with Gasteiger partial charge < -0.3 is 14.6 Å². The average Bonchev–Trinajstić information content (AvgIpc) is 2.59. The highest BCUT2D eigenvalue weighted by Crippen LogP contribution is 2.32. The normalized spacial score (nSPS) is 15.1. The van der Waals surface area contributed by atoms with Crippen LogP contribution in [0.2, 0.25) is 0 Å². The molecule has 1 aliphatic rings. The maximum atomic E-state index is 12.3. The predicted octanol–water partition coefficient (Wildman–Crippen LogP) is 2.23. The van der Waals surface area contributed by atoms with E-state index in [-0.39, 0.29) is 11.4 Å². The highest BCUT2D eigenvalue weighted by molar-refractivity contribution is 9.10. The number of hydrogen-bond donors (Lipinski definition) is 2. The maximum absolute atomic E-state index is 12.3. The van der Waals surface area contributed by atoms with Gasteiger partial charge in [-0.25, -0.2) is 13.1 Å². The fourth-order valence-corrected chi connectivity index (χ4v) is 4.35. The topological polar surface area (TPSA) is 84.9 Å². The van der Waals surface area contributed by atoms with Crippen molar-refractivity contribution < 1.29 is 23.0 Å². The first-order chi connectivity index (χ1) is 11.5. The highest BCUT2D eigenvalue weighted by Gasteiger charge is 2.20. The number of aliphatic hydroxyl groups excluding tert-OH is 1. The molecular weight excluding hydrogens is 398 g/mol. The van der Waals surface area contributed by atoms with Crippen molar-refractivity contribution in [2.45, 2.75) is 11.0 Å². The average molecular weight is 414 g/mol. The van der Waals surface area contributed by atoms with Gasteiger partial charge >= 0.3 is 0 Å². The lowest BCUT2D eigenvalue weighted by atomic mass is 10.1. The van der Waals surface area contributed by atoms with E-state index in [0.717, 1.165) is 0 Å². The van der Waals surface area contributed by atoms with E-state index < -0.39 is 16.1 Å². The number of benzene rings is 2. The summed E-state index contributed by atoms with van der Waals surface area (Å²) in [4.78, 5) is 0.124. The predicted molar refractivity (Wildman–Crippen MR) is 91.7 cm³/mol. The van der Waals surface area contributed by atoms with Gasteiger partial charge in [-0.05, 0) is 45.8 Å². The van der Waals surface area contributed by atoms with Crippen molar-refractivity contribution in [2.75, 3.05) is 19.8 Å². The van der Waals surface area contributed by atoms with Gasteiger partial charge in [0.25, 0.3) is 0 Å². The van der Waals surface area contributed by atoms with Crippen molar-refractivity contribution in [1.29, 1.82) is 0 Å². The van der Waals surface area contributed by atoms with Crippen LogP contribution in [0.15, 0.2) is 51.8 Å². The first-order valence-corrected chi connectivity index (χ1v) is 9.57. The number of nitrogens with one attached hydrogen (secondary N) is 1. The fourth-order valence-electron chi connectivity index (χ4n) is 2.31. The van der Waals surface area contributed by atoms with Crippen molar-refractivity contribution in [2.24, 2.45) is 0 Å². The standard InChI is InChI=1S/C16H16BrNO5S/c17-12-3-1-2-4-16(12)24(20,21)18-10-13(19)11-5-6-14-15(9-11)23-8-7-22-14/h1-6,9,13,18-19H,7-8,10H2/t13-/m1/s1. The van der Waals surface area contributed by atoms with Gasteiger partial charge in [-0.15, -0.1) is 0 Å². The molecule has 0 aromatic heterocycles. The fraction of sp³-hybridized carbons (Fsp3) is 0.250. The van der Waals surface area contributed by atoms with E-state index >= 15 is 0 Å². The molecule has 1 aliphatic heterocycles. The molecule has 1 heterocycles. The molecule has 0 aliphatic carbocycles. The molecule has 0 fully saturated rings. The van der Waals surface area contributed by atoms with Crippen LogP contribution in [0.4, 0.5) is 0 Å². The molecule has 0 saturated heterocycles. The van der Waals surface area contributed by atoms with E-state index in [1.54, 1.807) is 36.4 Å². The molecule has 2 N–H and O–H groups in total. The molecule has 0 spiro atoms. The smallest absolute Gasteiger partial charge is 0.241 e. The van der Waals surface area contributed by atoms with Crippen LogP contribution in [0.5, 0.6) is 11.5 Å². The summed E-state index contributed by atoms with van der Waals surface area (Å²) >= 11 is 3.21. The van der Waals surface area contributed by atoms with Crippen molar-refractivity contribution in [3.8, 4) is 11.5 Å². The number of sulfonamides is 1. The lowest BCUT2D eigenvalue weighted by Crippen LogP contribution is -2.29. The molecule has 2 aromatic rings. The number of aliphatic hydroxyl groups is 1. The van der Waals surface area contributed by atoms with Gasteiger partial charge in [0.2, 0.25) is 10.0 Å². The van der Waals surface area contributed by atoms with Gasteiger partial charge in [-0.2, -0.15) is 0 Å². The van der Waals surface area contributed by atoms with Crippen molar-refractivity contribution in [3.05, 3.63) is 52.5 Å².